The molecule has 1 atom stereocenters. The summed E-state index contributed by atoms with van der Waals surface area (Å²) >= 11 is 0. The molecule has 1 amide bonds. The maximum absolute atomic E-state index is 12.6. The molecule has 0 aromatic heterocycles. The second-order valence-electron chi connectivity index (χ2n) is 6.69. The molecule has 1 saturated heterocycles. The standard InChI is InChI=1S/C21H26N2O3/c1-15-6-5-11-23(15)14-16-7-4-8-17(12-16)21(24)22-18-9-10-19(25-2)20(13-18)26-3/h4,7-10,12-13,15H,5-6,11,14H2,1-3H3,(H,22,24)/t15-/m0/s1. The van der Waals surface area contributed by atoms with Gasteiger partial charge in [0.25, 0.3) is 5.91 Å². The molecule has 1 N–H and O–H groups in total. The average Bonchev–Trinajstić information content (AvgIpc) is 3.06. The van der Waals surface area contributed by atoms with Crippen molar-refractivity contribution in [2.24, 2.45) is 0 Å². The minimum atomic E-state index is -0.131. The zero-order chi connectivity index (χ0) is 18.5. The molecule has 0 saturated carbocycles. The van der Waals surface area contributed by atoms with Crippen molar-refractivity contribution in [2.45, 2.75) is 32.4 Å². The first-order chi connectivity index (χ1) is 12.6. The van der Waals surface area contributed by atoms with Crippen molar-refractivity contribution in [1.82, 2.24) is 4.90 Å². The highest BCUT2D eigenvalue weighted by atomic mass is 16.5. The number of carbonyl (C=O) groups is 1. The van der Waals surface area contributed by atoms with E-state index in [1.165, 1.54) is 18.4 Å². The summed E-state index contributed by atoms with van der Waals surface area (Å²) in [6.45, 7) is 4.28. The minimum Gasteiger partial charge on any atom is -0.493 e. The fourth-order valence-electron chi connectivity index (χ4n) is 3.39. The van der Waals surface area contributed by atoms with Crippen LogP contribution in [-0.2, 0) is 6.54 Å². The lowest BCUT2D eigenvalue weighted by Gasteiger charge is -2.21. The number of ether oxygens (including phenoxy) is 2. The second kappa shape index (κ2) is 8.23. The number of nitrogens with zero attached hydrogens (tertiary/aromatic N) is 1. The van der Waals surface area contributed by atoms with Gasteiger partial charge in [-0.1, -0.05) is 12.1 Å². The Bertz CT molecular complexity index is 776. The third-order valence-corrected chi connectivity index (χ3v) is 4.91. The number of carbonyl (C=O) groups excluding carboxylic acids is 1. The van der Waals surface area contributed by atoms with E-state index in [-0.39, 0.29) is 5.91 Å². The lowest BCUT2D eigenvalue weighted by molar-refractivity contribution is 0.102. The van der Waals surface area contributed by atoms with Gasteiger partial charge in [0.15, 0.2) is 11.5 Å². The molecule has 26 heavy (non-hydrogen) atoms. The molecule has 5 nitrogen and oxygen atoms in total. The van der Waals surface area contributed by atoms with Crippen LogP contribution in [0.15, 0.2) is 42.5 Å². The summed E-state index contributed by atoms with van der Waals surface area (Å²) < 4.78 is 10.5. The van der Waals surface area contributed by atoms with Crippen LogP contribution in [0.3, 0.4) is 0 Å². The van der Waals surface area contributed by atoms with Crippen LogP contribution in [0.25, 0.3) is 0 Å². The quantitative estimate of drug-likeness (QED) is 0.854. The molecule has 138 valence electrons. The topological polar surface area (TPSA) is 50.8 Å². The Labute approximate surface area is 154 Å². The second-order valence-corrected chi connectivity index (χ2v) is 6.69. The highest BCUT2D eigenvalue weighted by Gasteiger charge is 2.20. The molecule has 1 fully saturated rings. The molecule has 5 heteroatoms. The van der Waals surface area contributed by atoms with Crippen molar-refractivity contribution in [3.63, 3.8) is 0 Å². The third-order valence-electron chi connectivity index (χ3n) is 4.91. The normalized spacial score (nSPS) is 17.1. The van der Waals surface area contributed by atoms with Crippen LogP contribution >= 0.6 is 0 Å². The maximum atomic E-state index is 12.6. The van der Waals surface area contributed by atoms with Crippen molar-refractivity contribution < 1.29 is 14.3 Å². The minimum absolute atomic E-state index is 0.131. The van der Waals surface area contributed by atoms with Gasteiger partial charge in [0.2, 0.25) is 0 Å². The molecule has 2 aromatic rings. The van der Waals surface area contributed by atoms with Gasteiger partial charge >= 0.3 is 0 Å². The third kappa shape index (κ3) is 4.17. The van der Waals surface area contributed by atoms with E-state index in [2.05, 4.69) is 23.2 Å². The Morgan fingerprint density at radius 2 is 1.96 bits per heavy atom. The van der Waals surface area contributed by atoms with Gasteiger partial charge in [0, 0.05) is 29.9 Å². The molecule has 2 aromatic carbocycles. The van der Waals surface area contributed by atoms with Crippen molar-refractivity contribution in [3.8, 4) is 11.5 Å². The molecule has 0 bridgehead atoms. The van der Waals surface area contributed by atoms with Crippen LogP contribution in [0.4, 0.5) is 5.69 Å². The van der Waals surface area contributed by atoms with Gasteiger partial charge in [-0.05, 0) is 56.1 Å². The number of anilines is 1. The first-order valence-electron chi connectivity index (χ1n) is 8.97. The summed E-state index contributed by atoms with van der Waals surface area (Å²) in [5, 5.41) is 2.93. The number of likely N-dealkylation sites (tertiary alicyclic amines) is 1. The van der Waals surface area contributed by atoms with E-state index in [4.69, 9.17) is 9.47 Å². The van der Waals surface area contributed by atoms with Gasteiger partial charge in [-0.15, -0.1) is 0 Å². The maximum Gasteiger partial charge on any atom is 0.255 e. The molecular weight excluding hydrogens is 328 g/mol. The first kappa shape index (κ1) is 18.3. The summed E-state index contributed by atoms with van der Waals surface area (Å²) in [5.41, 5.74) is 2.49. The Kier molecular flexibility index (Phi) is 5.78. The highest BCUT2D eigenvalue weighted by Crippen LogP contribution is 2.30. The van der Waals surface area contributed by atoms with Crippen molar-refractivity contribution >= 4 is 11.6 Å². The van der Waals surface area contributed by atoms with Gasteiger partial charge in [-0.3, -0.25) is 9.69 Å². The summed E-state index contributed by atoms with van der Waals surface area (Å²) in [5.74, 6) is 1.09. The van der Waals surface area contributed by atoms with E-state index in [0.717, 1.165) is 13.1 Å². The summed E-state index contributed by atoms with van der Waals surface area (Å²) in [4.78, 5) is 15.1. The lowest BCUT2D eigenvalue weighted by atomic mass is 10.1. The molecule has 0 spiro atoms. The Hall–Kier alpha value is -2.53. The fourth-order valence-corrected chi connectivity index (χ4v) is 3.39. The summed E-state index contributed by atoms with van der Waals surface area (Å²) in [6.07, 6.45) is 2.50. The highest BCUT2D eigenvalue weighted by molar-refractivity contribution is 6.04. The van der Waals surface area contributed by atoms with E-state index < -0.39 is 0 Å². The van der Waals surface area contributed by atoms with Crippen LogP contribution in [-0.4, -0.2) is 37.6 Å². The monoisotopic (exact) mass is 354 g/mol. The van der Waals surface area contributed by atoms with Gasteiger partial charge in [-0.25, -0.2) is 0 Å². The number of methoxy groups -OCH3 is 2. The molecule has 0 radical (unpaired) electrons. The molecule has 1 heterocycles. The van der Waals surface area contributed by atoms with E-state index in [0.29, 0.717) is 28.8 Å². The number of nitrogens with one attached hydrogen (secondary N) is 1. The number of hydrogen-bond donors (Lipinski definition) is 1. The SMILES string of the molecule is COc1ccc(NC(=O)c2cccc(CN3CCC[C@@H]3C)c2)cc1OC. The van der Waals surface area contributed by atoms with E-state index in [1.54, 1.807) is 32.4 Å². The van der Waals surface area contributed by atoms with Crippen LogP contribution < -0.4 is 14.8 Å². The summed E-state index contributed by atoms with van der Waals surface area (Å²) in [7, 11) is 3.16. The zero-order valence-corrected chi connectivity index (χ0v) is 15.6. The molecule has 0 aliphatic carbocycles. The van der Waals surface area contributed by atoms with E-state index in [9.17, 15) is 4.79 Å². The number of amides is 1. The van der Waals surface area contributed by atoms with Crippen LogP contribution in [0.5, 0.6) is 11.5 Å². The Balaban J connectivity index is 1.71. The van der Waals surface area contributed by atoms with Gasteiger partial charge in [-0.2, -0.15) is 0 Å². The number of rotatable bonds is 6. The fraction of sp³-hybridized carbons (Fsp3) is 0.381. The smallest absolute Gasteiger partial charge is 0.255 e. The predicted octanol–water partition coefficient (Wildman–Crippen LogP) is 3.94. The number of hydrogen-bond acceptors (Lipinski definition) is 4. The molecular formula is C21H26N2O3. The van der Waals surface area contributed by atoms with Gasteiger partial charge in [0.1, 0.15) is 0 Å². The van der Waals surface area contributed by atoms with Gasteiger partial charge < -0.3 is 14.8 Å². The number of benzene rings is 2. The molecule has 3 rings (SSSR count). The molecule has 1 aliphatic heterocycles. The van der Waals surface area contributed by atoms with Crippen LogP contribution in [0, 0.1) is 0 Å². The predicted molar refractivity (Wildman–Crippen MR) is 103 cm³/mol. The zero-order valence-electron chi connectivity index (χ0n) is 15.6. The van der Waals surface area contributed by atoms with Crippen LogP contribution in [0.2, 0.25) is 0 Å². The van der Waals surface area contributed by atoms with Crippen LogP contribution in [0.1, 0.15) is 35.7 Å². The van der Waals surface area contributed by atoms with Crippen molar-refractivity contribution in [2.75, 3.05) is 26.1 Å². The largest absolute Gasteiger partial charge is 0.493 e. The van der Waals surface area contributed by atoms with E-state index in [1.807, 2.05) is 18.2 Å². The average molecular weight is 354 g/mol. The Morgan fingerprint density at radius 1 is 1.15 bits per heavy atom. The summed E-state index contributed by atoms with van der Waals surface area (Å²) in [6, 6.07) is 13.8. The first-order valence-corrected chi connectivity index (χ1v) is 8.97. The van der Waals surface area contributed by atoms with E-state index >= 15 is 0 Å². The van der Waals surface area contributed by atoms with Crippen molar-refractivity contribution in [1.29, 1.82) is 0 Å². The molecule has 1 aliphatic rings. The Morgan fingerprint density at radius 3 is 2.65 bits per heavy atom. The van der Waals surface area contributed by atoms with Crippen molar-refractivity contribution in [3.05, 3.63) is 53.6 Å². The van der Waals surface area contributed by atoms with Gasteiger partial charge in [0.05, 0.1) is 14.2 Å². The lowest BCUT2D eigenvalue weighted by Crippen LogP contribution is -2.26. The molecule has 0 unspecified atom stereocenters.